The first kappa shape index (κ1) is 69.2. The van der Waals surface area contributed by atoms with Crippen molar-refractivity contribution in [2.75, 3.05) is 13.2 Å². The van der Waals surface area contributed by atoms with Crippen molar-refractivity contribution in [3.63, 3.8) is 0 Å². The first-order chi connectivity index (χ1) is 35.5. The summed E-state index contributed by atoms with van der Waals surface area (Å²) in [6, 6.07) is -3.11. The van der Waals surface area contributed by atoms with Gasteiger partial charge in [-0.25, -0.2) is 4.57 Å². The van der Waals surface area contributed by atoms with Crippen LogP contribution in [-0.4, -0.2) is 167 Å². The normalized spacial score (nSPS) is 27.9. The Labute approximate surface area is 444 Å². The predicted octanol–water partition coefficient (Wildman–Crippen LogP) is 5.97. The second-order valence-corrected chi connectivity index (χ2v) is 23.0. The lowest BCUT2D eigenvalue weighted by molar-refractivity contribution is -0.315. The number of nitrogens with one attached hydrogen (secondary N) is 1. The van der Waals surface area contributed by atoms with Crippen molar-refractivity contribution in [3.05, 3.63) is 0 Å². The third-order valence-corrected chi connectivity index (χ3v) is 16.0. The monoisotopic (exact) mass is 1090 g/mol. The highest BCUT2D eigenvalue weighted by molar-refractivity contribution is 7.47. The Balaban J connectivity index is 1.93. The molecule has 16 atom stereocenters. The molecule has 0 aromatic rings. The van der Waals surface area contributed by atoms with Crippen LogP contribution in [0.4, 0.5) is 0 Å². The standard InChI is InChI=1S/C54H107N2O17P/c1-3-5-7-9-11-13-15-17-18-19-20-21-22-23-24-26-28-30-32-34-36-41(59)53(67)56-39(44(60)40(58)35-33-31-29-27-25-16-14-12-10-8-6-4-2)38-70-74(68,69)73-52-50(66)48(64)47(63)49(65)51(52)72-54-43(55)46(62)45(61)42(37-57)71-54/h39-52,54,57-66H,3-38,55H2,1-2H3,(H,56,67)(H,68,69)/t39-,40+,41+,42+,43+,44-,45+,46+,47-,48-,49+,50+,51+,52-,54+/m0/s1. The molecule has 1 saturated heterocycles. The number of phosphoric ester groups is 1. The van der Waals surface area contributed by atoms with Gasteiger partial charge in [-0.05, 0) is 12.8 Å². The average Bonchev–Trinajstić information content (AvgIpc) is 3.38. The van der Waals surface area contributed by atoms with Crippen LogP contribution in [0, 0.1) is 0 Å². The Morgan fingerprint density at radius 2 is 0.932 bits per heavy atom. The molecule has 2 fully saturated rings. The van der Waals surface area contributed by atoms with E-state index < -0.39 is 119 Å². The van der Waals surface area contributed by atoms with Gasteiger partial charge >= 0.3 is 7.82 Å². The Morgan fingerprint density at radius 3 is 1.34 bits per heavy atom. The topological polar surface area (TPSA) is 332 Å². The number of nitrogens with two attached hydrogens (primary N) is 1. The van der Waals surface area contributed by atoms with Crippen LogP contribution in [0.5, 0.6) is 0 Å². The lowest BCUT2D eigenvalue weighted by atomic mass is 9.84. The molecule has 2 aliphatic rings. The third-order valence-electron chi connectivity index (χ3n) is 15.1. The number of aliphatic hydroxyl groups is 10. The van der Waals surface area contributed by atoms with Crippen molar-refractivity contribution >= 4 is 13.7 Å². The first-order valence-corrected chi connectivity index (χ1v) is 30.8. The summed E-state index contributed by atoms with van der Waals surface area (Å²) in [4.78, 5) is 24.3. The van der Waals surface area contributed by atoms with Crippen LogP contribution in [-0.2, 0) is 27.9 Å². The van der Waals surface area contributed by atoms with Crippen molar-refractivity contribution in [3.8, 4) is 0 Å². The van der Waals surface area contributed by atoms with Crippen molar-refractivity contribution in [1.29, 1.82) is 0 Å². The molecule has 1 amide bonds. The quantitative estimate of drug-likeness (QED) is 0.0247. The van der Waals surface area contributed by atoms with E-state index >= 15 is 0 Å². The zero-order valence-electron chi connectivity index (χ0n) is 45.5. The second-order valence-electron chi connectivity index (χ2n) is 21.6. The maximum atomic E-state index is 13.6. The van der Waals surface area contributed by atoms with Gasteiger partial charge in [0.25, 0.3) is 0 Å². The summed E-state index contributed by atoms with van der Waals surface area (Å²) < 4.78 is 35.1. The number of ether oxygens (including phenoxy) is 2. The fraction of sp³-hybridized carbons (Fsp3) is 0.981. The molecule has 0 radical (unpaired) electrons. The summed E-state index contributed by atoms with van der Waals surface area (Å²) >= 11 is 0. The van der Waals surface area contributed by atoms with Crippen molar-refractivity contribution < 1.29 is 83.8 Å². The fourth-order valence-electron chi connectivity index (χ4n) is 10.1. The number of rotatable bonds is 46. The number of aliphatic hydroxyl groups excluding tert-OH is 10. The first-order valence-electron chi connectivity index (χ1n) is 29.3. The predicted molar refractivity (Wildman–Crippen MR) is 284 cm³/mol. The van der Waals surface area contributed by atoms with Gasteiger partial charge < -0.3 is 76.5 Å². The molecule has 440 valence electrons. The van der Waals surface area contributed by atoms with Gasteiger partial charge in [0.15, 0.2) is 6.29 Å². The van der Waals surface area contributed by atoms with Crippen LogP contribution in [0.25, 0.3) is 0 Å². The molecule has 0 aromatic heterocycles. The van der Waals surface area contributed by atoms with Crippen LogP contribution in [0.2, 0.25) is 0 Å². The number of hydrogen-bond donors (Lipinski definition) is 13. The number of amides is 1. The van der Waals surface area contributed by atoms with E-state index in [-0.39, 0.29) is 12.8 Å². The van der Waals surface area contributed by atoms with E-state index in [4.69, 9.17) is 24.3 Å². The molecule has 1 aliphatic carbocycles. The van der Waals surface area contributed by atoms with Crippen LogP contribution >= 0.6 is 7.82 Å². The summed E-state index contributed by atoms with van der Waals surface area (Å²) in [5, 5.41) is 109. The number of unbranched alkanes of at least 4 members (excludes halogenated alkanes) is 30. The largest absolute Gasteiger partial charge is 0.472 e. The van der Waals surface area contributed by atoms with Gasteiger partial charge in [0, 0.05) is 0 Å². The molecule has 14 N–H and O–H groups in total. The number of phosphoric acid groups is 1. The highest BCUT2D eigenvalue weighted by Crippen LogP contribution is 2.48. The number of carbonyl (C=O) groups excluding carboxylic acids is 1. The van der Waals surface area contributed by atoms with E-state index in [1.54, 1.807) is 0 Å². The van der Waals surface area contributed by atoms with Gasteiger partial charge in [-0.2, -0.15) is 0 Å². The van der Waals surface area contributed by atoms with Crippen LogP contribution < -0.4 is 11.1 Å². The van der Waals surface area contributed by atoms with Crippen LogP contribution in [0.1, 0.15) is 232 Å². The van der Waals surface area contributed by atoms with Crippen molar-refractivity contribution in [1.82, 2.24) is 5.32 Å². The highest BCUT2D eigenvalue weighted by atomic mass is 31.2. The molecule has 74 heavy (non-hydrogen) atoms. The molecule has 20 heteroatoms. The molecule has 1 heterocycles. The summed E-state index contributed by atoms with van der Waals surface area (Å²) in [5.41, 5.74) is 5.97. The fourth-order valence-corrected chi connectivity index (χ4v) is 11.0. The SMILES string of the molecule is CCCCCCCCCCCCCCCCCCCCCC[C@@H](O)C(=O)N[C@@H](COP(=O)(O)O[C@H]1[C@H](O)[C@@H](O)[C@H](O)[C@@H](O)[C@H]1O[C@H]1O[C@H](CO)[C@@H](O)[C@H](O)[C@H]1N)[C@H](O)[C@H](O)CCCCCCCCCCCCCC. The zero-order valence-corrected chi connectivity index (χ0v) is 46.4. The molecule has 1 unspecified atom stereocenters. The molecule has 0 bridgehead atoms. The molecular formula is C54H107N2O17P. The van der Waals surface area contributed by atoms with Gasteiger partial charge in [-0.15, -0.1) is 0 Å². The Kier molecular flexibility index (Phi) is 38.4. The molecule has 1 saturated carbocycles. The molecule has 19 nitrogen and oxygen atoms in total. The molecule has 2 rings (SSSR count). The van der Waals surface area contributed by atoms with Crippen molar-refractivity contribution in [2.24, 2.45) is 5.73 Å². The summed E-state index contributed by atoms with van der Waals surface area (Å²) in [7, 11) is -5.46. The minimum atomic E-state index is -5.46. The van der Waals surface area contributed by atoms with E-state index in [0.29, 0.717) is 12.8 Å². The average molecular weight is 1090 g/mol. The minimum Gasteiger partial charge on any atom is -0.394 e. The smallest absolute Gasteiger partial charge is 0.394 e. The van der Waals surface area contributed by atoms with Crippen LogP contribution in [0.3, 0.4) is 0 Å². The number of hydrogen-bond acceptors (Lipinski definition) is 17. The van der Waals surface area contributed by atoms with E-state index in [9.17, 15) is 65.3 Å². The number of carbonyl (C=O) groups is 1. The van der Waals surface area contributed by atoms with E-state index in [2.05, 4.69) is 19.2 Å². The maximum Gasteiger partial charge on any atom is 0.472 e. The van der Waals surface area contributed by atoms with E-state index in [0.717, 1.165) is 51.4 Å². The lowest BCUT2D eigenvalue weighted by Gasteiger charge is -2.47. The van der Waals surface area contributed by atoms with Gasteiger partial charge in [0.1, 0.15) is 67.1 Å². The minimum absolute atomic E-state index is 0.109. The Morgan fingerprint density at radius 1 is 0.554 bits per heavy atom. The summed E-state index contributed by atoms with van der Waals surface area (Å²) in [6.45, 7) is 2.67. The van der Waals surface area contributed by atoms with Gasteiger partial charge in [0.05, 0.1) is 31.4 Å². The lowest BCUT2D eigenvalue weighted by Crippen LogP contribution is -2.68. The Hall–Kier alpha value is -0.940. The Bertz CT molecular complexity index is 1430. The second kappa shape index (κ2) is 41.1. The third kappa shape index (κ3) is 27.8. The summed E-state index contributed by atoms with van der Waals surface area (Å²) in [5.74, 6) is -0.907. The van der Waals surface area contributed by atoms with Gasteiger partial charge in [0.2, 0.25) is 5.91 Å². The van der Waals surface area contributed by atoms with Crippen LogP contribution in [0.15, 0.2) is 0 Å². The highest BCUT2D eigenvalue weighted by Gasteiger charge is 2.55. The zero-order chi connectivity index (χ0) is 54.7. The maximum absolute atomic E-state index is 13.6. The van der Waals surface area contributed by atoms with Crippen molar-refractivity contribution in [2.45, 2.75) is 324 Å². The van der Waals surface area contributed by atoms with Gasteiger partial charge in [-0.3, -0.25) is 13.8 Å². The van der Waals surface area contributed by atoms with Gasteiger partial charge in [-0.1, -0.05) is 219 Å². The molecule has 1 aliphatic heterocycles. The molecular weight excluding hydrogens is 980 g/mol. The molecule has 0 spiro atoms. The van der Waals surface area contributed by atoms with E-state index in [1.165, 1.54) is 141 Å². The molecule has 0 aromatic carbocycles. The van der Waals surface area contributed by atoms with E-state index in [1.807, 2.05) is 0 Å². The summed E-state index contributed by atoms with van der Waals surface area (Å²) in [6.07, 6.45) is 13.5.